The third kappa shape index (κ3) is 6.50. The molecule has 0 aliphatic carbocycles. The fraction of sp³-hybridized carbons (Fsp3) is 0.318. The number of aromatic nitrogens is 1. The number of sulfonamides is 1. The van der Waals surface area contributed by atoms with Crippen LogP contribution in [0.2, 0.25) is 0 Å². The summed E-state index contributed by atoms with van der Waals surface area (Å²) in [6.07, 6.45) is 0. The lowest BCUT2D eigenvalue weighted by Gasteiger charge is -2.18. The zero-order valence-corrected chi connectivity index (χ0v) is 20.6. The molecule has 0 saturated carbocycles. The smallest absolute Gasteiger partial charge is 0.293 e. The summed E-state index contributed by atoms with van der Waals surface area (Å²) in [5, 5.41) is 7.26. The van der Waals surface area contributed by atoms with E-state index in [-0.39, 0.29) is 22.8 Å². The van der Waals surface area contributed by atoms with Crippen LogP contribution >= 0.6 is 11.3 Å². The minimum atomic E-state index is -3.88. The van der Waals surface area contributed by atoms with E-state index in [1.165, 1.54) is 30.4 Å². The molecular formula is C22H26N4O5S2. The van der Waals surface area contributed by atoms with Gasteiger partial charge in [0.2, 0.25) is 11.0 Å². The van der Waals surface area contributed by atoms with Crippen molar-refractivity contribution in [3.63, 3.8) is 0 Å². The number of anilines is 1. The van der Waals surface area contributed by atoms with E-state index in [1.54, 1.807) is 26.2 Å². The SMILES string of the molecule is CC(=O)NC(C)c1ccc(-c2csc(NC(=O)c3ccc(S(=O)(=O)NC(C)(C)C)o3)n2)cc1. The average Bonchev–Trinajstić information content (AvgIpc) is 3.36. The van der Waals surface area contributed by atoms with E-state index >= 15 is 0 Å². The van der Waals surface area contributed by atoms with Crippen molar-refractivity contribution in [2.24, 2.45) is 0 Å². The topological polar surface area (TPSA) is 130 Å². The fourth-order valence-electron chi connectivity index (χ4n) is 2.99. The molecule has 3 rings (SSSR count). The lowest BCUT2D eigenvalue weighted by Crippen LogP contribution is -2.40. The number of amides is 2. The molecule has 0 aliphatic rings. The van der Waals surface area contributed by atoms with Crippen molar-refractivity contribution >= 4 is 38.3 Å². The average molecular weight is 491 g/mol. The molecule has 0 saturated heterocycles. The normalized spacial score (nSPS) is 12.9. The largest absolute Gasteiger partial charge is 0.438 e. The molecule has 2 aromatic heterocycles. The van der Waals surface area contributed by atoms with E-state index in [4.69, 9.17) is 4.42 Å². The Labute approximate surface area is 196 Å². The van der Waals surface area contributed by atoms with Crippen molar-refractivity contribution in [2.75, 3.05) is 5.32 Å². The van der Waals surface area contributed by atoms with Crippen LogP contribution in [0.4, 0.5) is 5.13 Å². The predicted molar refractivity (Wildman–Crippen MR) is 127 cm³/mol. The highest BCUT2D eigenvalue weighted by Gasteiger charge is 2.26. The van der Waals surface area contributed by atoms with Gasteiger partial charge in [-0.05, 0) is 45.4 Å². The number of rotatable bonds is 7. The summed E-state index contributed by atoms with van der Waals surface area (Å²) in [5.74, 6) is -0.844. The van der Waals surface area contributed by atoms with Gasteiger partial charge in [-0.25, -0.2) is 18.1 Å². The number of hydrogen-bond donors (Lipinski definition) is 3. The molecule has 2 amide bonds. The number of carbonyl (C=O) groups is 2. The van der Waals surface area contributed by atoms with Crippen molar-refractivity contribution in [2.45, 2.75) is 51.3 Å². The van der Waals surface area contributed by atoms with Gasteiger partial charge < -0.3 is 9.73 Å². The van der Waals surface area contributed by atoms with Crippen molar-refractivity contribution < 1.29 is 22.4 Å². The molecule has 1 unspecified atom stereocenters. The molecule has 0 aliphatic heterocycles. The van der Waals surface area contributed by atoms with Crippen molar-refractivity contribution in [3.8, 4) is 11.3 Å². The summed E-state index contributed by atoms with van der Waals surface area (Å²) in [7, 11) is -3.88. The molecule has 1 atom stereocenters. The van der Waals surface area contributed by atoms with Gasteiger partial charge in [-0.1, -0.05) is 24.3 Å². The van der Waals surface area contributed by atoms with E-state index in [1.807, 2.05) is 31.2 Å². The van der Waals surface area contributed by atoms with E-state index in [0.29, 0.717) is 10.8 Å². The fourth-order valence-corrected chi connectivity index (χ4v) is 5.06. The Morgan fingerprint density at radius 1 is 1.09 bits per heavy atom. The van der Waals surface area contributed by atoms with Gasteiger partial charge in [0, 0.05) is 23.4 Å². The highest BCUT2D eigenvalue weighted by molar-refractivity contribution is 7.89. The molecule has 1 aromatic carbocycles. The van der Waals surface area contributed by atoms with Crippen LogP contribution in [-0.2, 0) is 14.8 Å². The number of hydrogen-bond acceptors (Lipinski definition) is 7. The Bertz CT molecular complexity index is 1250. The minimum Gasteiger partial charge on any atom is -0.438 e. The summed E-state index contributed by atoms with van der Waals surface area (Å²) in [6.45, 7) is 8.49. The van der Waals surface area contributed by atoms with E-state index < -0.39 is 21.5 Å². The van der Waals surface area contributed by atoms with Gasteiger partial charge in [0.25, 0.3) is 15.9 Å². The Morgan fingerprint density at radius 3 is 2.36 bits per heavy atom. The monoisotopic (exact) mass is 490 g/mol. The van der Waals surface area contributed by atoms with Gasteiger partial charge in [0.15, 0.2) is 10.9 Å². The predicted octanol–water partition coefficient (Wildman–Crippen LogP) is 3.93. The molecule has 0 spiro atoms. The first kappa shape index (κ1) is 24.6. The van der Waals surface area contributed by atoms with Crippen LogP contribution in [0.5, 0.6) is 0 Å². The summed E-state index contributed by atoms with van der Waals surface area (Å²) < 4.78 is 32.4. The molecule has 0 bridgehead atoms. The van der Waals surface area contributed by atoms with Crippen LogP contribution in [-0.4, -0.2) is 30.8 Å². The molecule has 176 valence electrons. The molecule has 9 nitrogen and oxygen atoms in total. The van der Waals surface area contributed by atoms with Gasteiger partial charge in [0.1, 0.15) is 0 Å². The molecule has 0 fully saturated rings. The lowest BCUT2D eigenvalue weighted by molar-refractivity contribution is -0.119. The second kappa shape index (κ2) is 9.46. The number of furan rings is 1. The van der Waals surface area contributed by atoms with Gasteiger partial charge in [-0.3, -0.25) is 14.9 Å². The first-order chi connectivity index (χ1) is 15.3. The van der Waals surface area contributed by atoms with Crippen LogP contribution in [0.15, 0.2) is 51.3 Å². The number of nitrogens with zero attached hydrogens (tertiary/aromatic N) is 1. The van der Waals surface area contributed by atoms with E-state index in [0.717, 1.165) is 11.1 Å². The standard InChI is InChI=1S/C22H26N4O5S2/c1-13(23-14(2)27)15-6-8-16(9-7-15)17-12-32-21(24-17)25-20(28)18-10-11-19(31-18)33(29,30)26-22(3,4)5/h6-13,26H,1-5H3,(H,23,27)(H,24,25,28). The Hall–Kier alpha value is -3.02. The Morgan fingerprint density at radius 2 is 1.76 bits per heavy atom. The number of nitrogens with one attached hydrogen (secondary N) is 3. The van der Waals surface area contributed by atoms with Gasteiger partial charge in [-0.15, -0.1) is 11.3 Å². The molecule has 3 aromatic rings. The second-order valence-electron chi connectivity index (χ2n) is 8.51. The molecule has 11 heteroatoms. The van der Waals surface area contributed by atoms with Crippen LogP contribution in [0.3, 0.4) is 0 Å². The number of thiazole rings is 1. The summed E-state index contributed by atoms with van der Waals surface area (Å²) in [5.41, 5.74) is 1.80. The van der Waals surface area contributed by atoms with Gasteiger partial charge in [-0.2, -0.15) is 0 Å². The second-order valence-corrected chi connectivity index (χ2v) is 11.0. The summed E-state index contributed by atoms with van der Waals surface area (Å²) in [6, 6.07) is 10.0. The first-order valence-corrected chi connectivity index (χ1v) is 12.5. The van der Waals surface area contributed by atoms with Crippen LogP contribution < -0.4 is 15.4 Å². The van der Waals surface area contributed by atoms with Crippen LogP contribution in [0.25, 0.3) is 11.3 Å². The summed E-state index contributed by atoms with van der Waals surface area (Å²) in [4.78, 5) is 28.1. The van der Waals surface area contributed by atoms with Crippen molar-refractivity contribution in [1.82, 2.24) is 15.0 Å². The Balaban J connectivity index is 1.68. The quantitative estimate of drug-likeness (QED) is 0.460. The van der Waals surface area contributed by atoms with Crippen LogP contribution in [0.1, 0.15) is 56.8 Å². The Kier molecular flexibility index (Phi) is 7.06. The van der Waals surface area contributed by atoms with Crippen molar-refractivity contribution in [3.05, 3.63) is 53.1 Å². The molecule has 0 radical (unpaired) electrons. The maximum Gasteiger partial charge on any atom is 0.293 e. The highest BCUT2D eigenvalue weighted by atomic mass is 32.2. The lowest BCUT2D eigenvalue weighted by atomic mass is 10.1. The van der Waals surface area contributed by atoms with E-state index in [9.17, 15) is 18.0 Å². The summed E-state index contributed by atoms with van der Waals surface area (Å²) >= 11 is 1.23. The molecular weight excluding hydrogens is 464 g/mol. The zero-order chi connectivity index (χ0) is 24.4. The van der Waals surface area contributed by atoms with Gasteiger partial charge >= 0.3 is 0 Å². The van der Waals surface area contributed by atoms with E-state index in [2.05, 4.69) is 20.3 Å². The van der Waals surface area contributed by atoms with Crippen LogP contribution in [0, 0.1) is 0 Å². The first-order valence-electron chi connectivity index (χ1n) is 10.1. The minimum absolute atomic E-state index is 0.0989. The number of benzene rings is 1. The van der Waals surface area contributed by atoms with Crippen molar-refractivity contribution in [1.29, 1.82) is 0 Å². The van der Waals surface area contributed by atoms with Gasteiger partial charge in [0.05, 0.1) is 11.7 Å². The third-order valence-electron chi connectivity index (χ3n) is 4.36. The molecule has 3 N–H and O–H groups in total. The third-order valence-corrected chi connectivity index (χ3v) is 6.75. The zero-order valence-electron chi connectivity index (χ0n) is 18.9. The maximum absolute atomic E-state index is 12.5. The molecule has 33 heavy (non-hydrogen) atoms. The maximum atomic E-state index is 12.5. The number of carbonyl (C=O) groups excluding carboxylic acids is 2. The highest BCUT2D eigenvalue weighted by Crippen LogP contribution is 2.27. The molecule has 2 heterocycles.